The van der Waals surface area contributed by atoms with Crippen LogP contribution in [0.2, 0.25) is 0 Å². The second-order valence-electron chi connectivity index (χ2n) is 8.50. The zero-order valence-electron chi connectivity index (χ0n) is 20.1. The number of ketones is 1. The van der Waals surface area contributed by atoms with Crippen molar-refractivity contribution in [3.05, 3.63) is 56.9 Å². The number of aryl methyl sites for hydroxylation is 1. The number of carbonyl (C=O) groups excluding carboxylic acids is 2. The SMILES string of the molecule is CCOC(=O)C1=CN2C(c3cc(C)cs3)Cc3cc(OCCCOC)c(OC)cc3C2CC1=O. The summed E-state index contributed by atoms with van der Waals surface area (Å²) in [5, 5.41) is 2.13. The lowest BCUT2D eigenvalue weighted by Crippen LogP contribution is -2.40. The largest absolute Gasteiger partial charge is 0.493 e. The Morgan fingerprint density at radius 2 is 1.94 bits per heavy atom. The van der Waals surface area contributed by atoms with Crippen molar-refractivity contribution in [3.8, 4) is 11.5 Å². The highest BCUT2D eigenvalue weighted by atomic mass is 32.1. The molecule has 1 aromatic carbocycles. The van der Waals surface area contributed by atoms with Crippen LogP contribution in [0.1, 0.15) is 53.4 Å². The minimum Gasteiger partial charge on any atom is -0.493 e. The summed E-state index contributed by atoms with van der Waals surface area (Å²) in [6.07, 6.45) is 3.42. The molecule has 0 aliphatic carbocycles. The number of Topliss-reactive ketones (excluding diaryl/α,β-unsaturated/α-hetero) is 1. The number of rotatable bonds is 9. The predicted octanol–water partition coefficient (Wildman–Crippen LogP) is 4.54. The van der Waals surface area contributed by atoms with E-state index >= 15 is 0 Å². The Bertz CT molecular complexity index is 1090. The highest BCUT2D eigenvalue weighted by Crippen LogP contribution is 2.48. The van der Waals surface area contributed by atoms with E-state index in [4.69, 9.17) is 18.9 Å². The number of hydrogen-bond donors (Lipinski definition) is 0. The summed E-state index contributed by atoms with van der Waals surface area (Å²) < 4.78 is 21.9. The van der Waals surface area contributed by atoms with Crippen molar-refractivity contribution >= 4 is 23.1 Å². The van der Waals surface area contributed by atoms with E-state index in [0.717, 1.165) is 24.0 Å². The van der Waals surface area contributed by atoms with Crippen LogP contribution in [0.3, 0.4) is 0 Å². The molecule has 0 amide bonds. The third kappa shape index (κ3) is 4.83. The van der Waals surface area contributed by atoms with Crippen LogP contribution in [-0.2, 0) is 25.5 Å². The molecule has 0 saturated carbocycles. The Hall–Kier alpha value is -2.84. The first kappa shape index (κ1) is 24.3. The van der Waals surface area contributed by atoms with E-state index < -0.39 is 5.97 Å². The summed E-state index contributed by atoms with van der Waals surface area (Å²) in [7, 11) is 3.29. The third-order valence-electron chi connectivity index (χ3n) is 6.20. The fourth-order valence-electron chi connectivity index (χ4n) is 4.61. The smallest absolute Gasteiger partial charge is 0.343 e. The first-order chi connectivity index (χ1) is 16.5. The van der Waals surface area contributed by atoms with E-state index in [1.165, 1.54) is 10.4 Å². The van der Waals surface area contributed by atoms with Crippen LogP contribution < -0.4 is 9.47 Å². The van der Waals surface area contributed by atoms with Crippen LogP contribution in [0.25, 0.3) is 0 Å². The molecule has 4 rings (SSSR count). The van der Waals surface area contributed by atoms with Gasteiger partial charge in [0.15, 0.2) is 17.3 Å². The Kier molecular flexibility index (Phi) is 7.58. The van der Waals surface area contributed by atoms with Crippen molar-refractivity contribution in [2.45, 2.75) is 45.2 Å². The van der Waals surface area contributed by atoms with E-state index in [-0.39, 0.29) is 36.5 Å². The van der Waals surface area contributed by atoms with Gasteiger partial charge in [-0.1, -0.05) is 0 Å². The summed E-state index contributed by atoms with van der Waals surface area (Å²) in [5.41, 5.74) is 3.46. The maximum atomic E-state index is 13.0. The summed E-state index contributed by atoms with van der Waals surface area (Å²) in [6.45, 7) is 5.19. The molecule has 7 nitrogen and oxygen atoms in total. The highest BCUT2D eigenvalue weighted by molar-refractivity contribution is 7.10. The molecular formula is C26H31NO6S. The molecule has 2 atom stereocenters. The predicted molar refractivity (Wildman–Crippen MR) is 129 cm³/mol. The summed E-state index contributed by atoms with van der Waals surface area (Å²) in [4.78, 5) is 28.8. The van der Waals surface area contributed by atoms with E-state index in [2.05, 4.69) is 23.3 Å². The lowest BCUT2D eigenvalue weighted by Gasteiger charge is -2.45. The molecule has 1 aromatic heterocycles. The molecule has 34 heavy (non-hydrogen) atoms. The Balaban J connectivity index is 1.75. The number of ether oxygens (including phenoxy) is 4. The van der Waals surface area contributed by atoms with Gasteiger partial charge in [-0.2, -0.15) is 0 Å². The van der Waals surface area contributed by atoms with Gasteiger partial charge in [-0.25, -0.2) is 4.79 Å². The third-order valence-corrected chi connectivity index (χ3v) is 7.35. The molecule has 0 N–H and O–H groups in total. The maximum absolute atomic E-state index is 13.0. The molecule has 2 unspecified atom stereocenters. The minimum absolute atomic E-state index is 0.00321. The van der Waals surface area contributed by atoms with Gasteiger partial charge in [0.05, 0.1) is 32.4 Å². The lowest BCUT2D eigenvalue weighted by molar-refractivity contribution is -0.140. The molecule has 0 fully saturated rings. The molecule has 0 spiro atoms. The fraction of sp³-hybridized carbons (Fsp3) is 0.462. The van der Waals surface area contributed by atoms with Crippen LogP contribution in [-0.4, -0.2) is 50.7 Å². The molecule has 2 aliphatic heterocycles. The number of carbonyl (C=O) groups is 2. The van der Waals surface area contributed by atoms with Crippen molar-refractivity contribution in [3.63, 3.8) is 0 Å². The van der Waals surface area contributed by atoms with Crippen molar-refractivity contribution < 1.29 is 28.5 Å². The van der Waals surface area contributed by atoms with Crippen LogP contribution in [0, 0.1) is 6.92 Å². The lowest BCUT2D eigenvalue weighted by atomic mass is 9.82. The standard InChI is InChI=1S/C26H31NO6S/c1-5-32-26(29)19-14-27-20(13-22(19)28)18-12-23(31-4)24(33-8-6-7-30-3)11-17(18)10-21(27)25-9-16(2)15-34-25/h9,11-12,14-15,20-21H,5-8,10,13H2,1-4H3. The van der Waals surface area contributed by atoms with Gasteiger partial charge in [-0.3, -0.25) is 4.79 Å². The van der Waals surface area contributed by atoms with Crippen LogP contribution >= 0.6 is 11.3 Å². The quantitative estimate of drug-likeness (QED) is 0.293. The minimum atomic E-state index is -0.560. The summed E-state index contributed by atoms with van der Waals surface area (Å²) in [5.74, 6) is 0.564. The van der Waals surface area contributed by atoms with Gasteiger partial charge in [0, 0.05) is 37.6 Å². The molecule has 3 heterocycles. The zero-order chi connectivity index (χ0) is 24.2. The first-order valence-electron chi connectivity index (χ1n) is 11.5. The first-order valence-corrected chi connectivity index (χ1v) is 12.4. The molecule has 8 heteroatoms. The summed E-state index contributed by atoms with van der Waals surface area (Å²) in [6, 6.07) is 6.00. The van der Waals surface area contributed by atoms with Gasteiger partial charge in [0.1, 0.15) is 5.57 Å². The van der Waals surface area contributed by atoms with E-state index in [1.807, 2.05) is 12.1 Å². The second kappa shape index (κ2) is 10.6. The molecule has 0 bridgehead atoms. The molecular weight excluding hydrogens is 454 g/mol. The number of nitrogens with zero attached hydrogens (tertiary/aromatic N) is 1. The van der Waals surface area contributed by atoms with Crippen molar-refractivity contribution in [1.29, 1.82) is 0 Å². The van der Waals surface area contributed by atoms with E-state index in [0.29, 0.717) is 24.7 Å². The number of benzene rings is 1. The van der Waals surface area contributed by atoms with Gasteiger partial charge in [0.2, 0.25) is 0 Å². The number of esters is 1. The van der Waals surface area contributed by atoms with Gasteiger partial charge >= 0.3 is 5.97 Å². The second-order valence-corrected chi connectivity index (χ2v) is 9.44. The molecule has 2 aromatic rings. The maximum Gasteiger partial charge on any atom is 0.343 e. The van der Waals surface area contributed by atoms with E-state index in [9.17, 15) is 9.59 Å². The van der Waals surface area contributed by atoms with Crippen LogP contribution in [0.5, 0.6) is 11.5 Å². The van der Waals surface area contributed by atoms with Gasteiger partial charge in [-0.15, -0.1) is 11.3 Å². The van der Waals surface area contributed by atoms with Crippen LogP contribution in [0.15, 0.2) is 35.4 Å². The fourth-order valence-corrected chi connectivity index (χ4v) is 5.61. The Morgan fingerprint density at radius 3 is 2.62 bits per heavy atom. The Morgan fingerprint density at radius 1 is 1.12 bits per heavy atom. The average Bonchev–Trinajstić information content (AvgIpc) is 3.26. The monoisotopic (exact) mass is 485 g/mol. The molecule has 2 aliphatic rings. The number of fused-ring (bicyclic) bond motifs is 3. The normalized spacial score (nSPS) is 19.2. The molecule has 182 valence electrons. The van der Waals surface area contributed by atoms with Crippen molar-refractivity contribution in [1.82, 2.24) is 4.90 Å². The molecule has 0 saturated heterocycles. The van der Waals surface area contributed by atoms with Crippen LogP contribution in [0.4, 0.5) is 0 Å². The topological polar surface area (TPSA) is 74.3 Å². The van der Waals surface area contributed by atoms with Gasteiger partial charge in [-0.05, 0) is 60.5 Å². The average molecular weight is 486 g/mol. The van der Waals surface area contributed by atoms with Gasteiger partial charge in [0.25, 0.3) is 0 Å². The van der Waals surface area contributed by atoms with Crippen molar-refractivity contribution in [2.75, 3.05) is 34.0 Å². The number of hydrogen-bond acceptors (Lipinski definition) is 8. The summed E-state index contributed by atoms with van der Waals surface area (Å²) >= 11 is 1.70. The zero-order valence-corrected chi connectivity index (χ0v) is 20.9. The van der Waals surface area contributed by atoms with Crippen molar-refractivity contribution in [2.24, 2.45) is 0 Å². The highest BCUT2D eigenvalue weighted by Gasteiger charge is 2.41. The number of methoxy groups -OCH3 is 2. The van der Waals surface area contributed by atoms with E-state index in [1.54, 1.807) is 38.7 Å². The molecule has 0 radical (unpaired) electrons. The Labute approximate surface area is 204 Å². The number of thiophene rings is 1. The van der Waals surface area contributed by atoms with Gasteiger partial charge < -0.3 is 23.8 Å².